The zero-order chi connectivity index (χ0) is 26.5. The van der Waals surface area contributed by atoms with Crippen molar-refractivity contribution in [2.45, 2.75) is 19.6 Å². The number of nitrogens with zero attached hydrogens (tertiary/aromatic N) is 3. The monoisotopic (exact) mass is 522 g/mol. The van der Waals surface area contributed by atoms with E-state index in [1.807, 2.05) is 0 Å². The van der Waals surface area contributed by atoms with Gasteiger partial charge >= 0.3 is 6.18 Å². The molecule has 13 heteroatoms. The smallest absolute Gasteiger partial charge is 0.365 e. The summed E-state index contributed by atoms with van der Waals surface area (Å²) < 4.78 is 67.1. The Bertz CT molecular complexity index is 1330. The zero-order valence-corrected chi connectivity index (χ0v) is 20.5. The van der Waals surface area contributed by atoms with Crippen molar-refractivity contribution >= 4 is 39.1 Å². The first-order valence-electron chi connectivity index (χ1n) is 10.7. The molecule has 0 aliphatic carbocycles. The summed E-state index contributed by atoms with van der Waals surface area (Å²) in [5.74, 6) is -0.928. The molecule has 0 saturated heterocycles. The highest BCUT2D eigenvalue weighted by Crippen LogP contribution is 2.34. The first-order valence-corrected chi connectivity index (χ1v) is 12.4. The highest BCUT2D eigenvalue weighted by atomic mass is 32.2. The van der Waals surface area contributed by atoms with Crippen LogP contribution in [0.3, 0.4) is 0 Å². The van der Waals surface area contributed by atoms with Crippen LogP contribution in [0.2, 0.25) is 0 Å². The van der Waals surface area contributed by atoms with Crippen LogP contribution in [0.25, 0.3) is 0 Å². The van der Waals surface area contributed by atoms with Crippen molar-refractivity contribution in [1.82, 2.24) is 14.9 Å². The van der Waals surface area contributed by atoms with E-state index in [1.54, 1.807) is 56.6 Å². The fourth-order valence-corrected chi connectivity index (χ4v) is 3.74. The average molecular weight is 523 g/mol. The summed E-state index contributed by atoms with van der Waals surface area (Å²) in [6.45, 7) is 1.34. The molecule has 9 nitrogen and oxygen atoms in total. The summed E-state index contributed by atoms with van der Waals surface area (Å²) >= 11 is 0. The first-order chi connectivity index (χ1) is 16.9. The predicted molar refractivity (Wildman–Crippen MR) is 132 cm³/mol. The van der Waals surface area contributed by atoms with Gasteiger partial charge in [0.1, 0.15) is 11.4 Å². The Morgan fingerprint density at radius 1 is 1.06 bits per heavy atom. The lowest BCUT2D eigenvalue weighted by Gasteiger charge is -2.17. The van der Waals surface area contributed by atoms with E-state index in [9.17, 15) is 26.4 Å². The van der Waals surface area contributed by atoms with Crippen molar-refractivity contribution in [2.24, 2.45) is 0 Å². The molecule has 192 valence electrons. The van der Waals surface area contributed by atoms with Gasteiger partial charge < -0.3 is 15.5 Å². The normalized spacial score (nSPS) is 11.6. The van der Waals surface area contributed by atoms with E-state index in [-0.39, 0.29) is 29.8 Å². The molecule has 3 N–H and O–H groups in total. The van der Waals surface area contributed by atoms with E-state index in [4.69, 9.17) is 0 Å². The van der Waals surface area contributed by atoms with Crippen molar-refractivity contribution in [3.8, 4) is 0 Å². The maximum Gasteiger partial charge on any atom is 0.421 e. The number of sulfonamides is 1. The molecule has 0 saturated carbocycles. The molecule has 1 aromatic heterocycles. The number of aromatic nitrogens is 2. The predicted octanol–water partition coefficient (Wildman–Crippen LogP) is 4.31. The molecule has 1 heterocycles. The molecule has 0 aliphatic rings. The van der Waals surface area contributed by atoms with E-state index >= 15 is 0 Å². The standard InChI is InChI=1S/C23H25F3N6O3S/c1-4-36(34,35)31-19-8-6-5-7-16(19)13-27-20-18(23(24,25)26)14-28-22(30-20)29-17-11-9-15(10-12-17)21(33)32(2)3/h5-12,14,31H,4,13H2,1-3H3,(H2,27,28,29,30). The number of carbonyl (C=O) groups excluding carboxylic acids is 1. The van der Waals surface area contributed by atoms with Crippen molar-refractivity contribution in [3.05, 3.63) is 71.4 Å². The molecule has 0 bridgehead atoms. The van der Waals surface area contributed by atoms with E-state index in [2.05, 4.69) is 25.3 Å². The Morgan fingerprint density at radius 3 is 2.33 bits per heavy atom. The molecule has 2 aromatic carbocycles. The quantitative estimate of drug-likeness (QED) is 0.383. The SMILES string of the molecule is CCS(=O)(=O)Nc1ccccc1CNc1nc(Nc2ccc(C(=O)N(C)C)cc2)ncc1C(F)(F)F. The lowest BCUT2D eigenvalue weighted by molar-refractivity contribution is -0.137. The number of halogens is 3. The molecule has 0 atom stereocenters. The third-order valence-corrected chi connectivity index (χ3v) is 6.29. The summed E-state index contributed by atoms with van der Waals surface area (Å²) in [4.78, 5) is 21.2. The van der Waals surface area contributed by atoms with Gasteiger partial charge in [-0.2, -0.15) is 18.2 Å². The number of para-hydroxylation sites is 1. The molecule has 0 aliphatic heterocycles. The summed E-state index contributed by atoms with van der Waals surface area (Å²) in [5.41, 5.74) is 0.512. The largest absolute Gasteiger partial charge is 0.421 e. The van der Waals surface area contributed by atoms with Gasteiger partial charge in [-0.15, -0.1) is 0 Å². The fraction of sp³-hybridized carbons (Fsp3) is 0.261. The van der Waals surface area contributed by atoms with Crippen molar-refractivity contribution < 1.29 is 26.4 Å². The zero-order valence-electron chi connectivity index (χ0n) is 19.7. The molecule has 0 radical (unpaired) electrons. The van der Waals surface area contributed by atoms with Gasteiger partial charge in [-0.3, -0.25) is 9.52 Å². The Hall–Kier alpha value is -3.87. The maximum absolute atomic E-state index is 13.6. The van der Waals surface area contributed by atoms with Crippen LogP contribution in [0.5, 0.6) is 0 Å². The molecule has 3 aromatic rings. The number of carbonyl (C=O) groups is 1. The molecule has 0 fully saturated rings. The van der Waals surface area contributed by atoms with Crippen LogP contribution in [-0.4, -0.2) is 49.0 Å². The van der Waals surface area contributed by atoms with E-state index in [1.165, 1.54) is 17.9 Å². The van der Waals surface area contributed by atoms with E-state index < -0.39 is 27.6 Å². The topological polar surface area (TPSA) is 116 Å². The minimum Gasteiger partial charge on any atom is -0.365 e. The van der Waals surface area contributed by atoms with Crippen LogP contribution in [0.15, 0.2) is 54.7 Å². The Balaban J connectivity index is 1.85. The van der Waals surface area contributed by atoms with Gasteiger partial charge in [0.25, 0.3) is 5.91 Å². The van der Waals surface area contributed by atoms with Gasteiger partial charge in [0.2, 0.25) is 16.0 Å². The second-order valence-corrected chi connectivity index (χ2v) is 9.88. The molecule has 0 unspecified atom stereocenters. The van der Waals surface area contributed by atoms with Crippen LogP contribution in [-0.2, 0) is 22.7 Å². The van der Waals surface area contributed by atoms with Gasteiger partial charge in [-0.25, -0.2) is 13.4 Å². The van der Waals surface area contributed by atoms with E-state index in [0.717, 1.165) is 0 Å². The number of rotatable bonds is 9. The summed E-state index contributed by atoms with van der Waals surface area (Å²) in [7, 11) is -0.339. The fourth-order valence-electron chi connectivity index (χ4n) is 3.06. The van der Waals surface area contributed by atoms with Gasteiger partial charge in [0, 0.05) is 38.1 Å². The Morgan fingerprint density at radius 2 is 1.72 bits per heavy atom. The summed E-state index contributed by atoms with van der Waals surface area (Å²) in [6.07, 6.45) is -4.06. The van der Waals surface area contributed by atoms with E-state index in [0.29, 0.717) is 23.0 Å². The molecule has 36 heavy (non-hydrogen) atoms. The number of amides is 1. The third-order valence-electron chi connectivity index (χ3n) is 5.00. The van der Waals surface area contributed by atoms with Crippen molar-refractivity contribution in [2.75, 3.05) is 35.2 Å². The van der Waals surface area contributed by atoms with Gasteiger partial charge in [-0.05, 0) is 42.8 Å². The van der Waals surface area contributed by atoms with Crippen LogP contribution < -0.4 is 15.4 Å². The number of nitrogens with one attached hydrogen (secondary N) is 3. The minimum atomic E-state index is -4.72. The Labute approximate surface area is 206 Å². The minimum absolute atomic E-state index is 0.0999. The molecule has 3 rings (SSSR count). The lowest BCUT2D eigenvalue weighted by Crippen LogP contribution is -2.21. The number of hydrogen-bond donors (Lipinski definition) is 3. The summed E-state index contributed by atoms with van der Waals surface area (Å²) in [5, 5.41) is 5.47. The second-order valence-electron chi connectivity index (χ2n) is 7.87. The number of benzene rings is 2. The Kier molecular flexibility index (Phi) is 8.03. The molecule has 1 amide bonds. The van der Waals surface area contributed by atoms with Crippen molar-refractivity contribution in [1.29, 1.82) is 0 Å². The number of alkyl halides is 3. The van der Waals surface area contributed by atoms with Crippen molar-refractivity contribution in [3.63, 3.8) is 0 Å². The molecule has 0 spiro atoms. The second kappa shape index (κ2) is 10.8. The van der Waals surface area contributed by atoms with Gasteiger partial charge in [0.15, 0.2) is 0 Å². The number of anilines is 4. The highest BCUT2D eigenvalue weighted by molar-refractivity contribution is 7.92. The van der Waals surface area contributed by atoms with Crippen LogP contribution in [0.1, 0.15) is 28.4 Å². The highest BCUT2D eigenvalue weighted by Gasteiger charge is 2.35. The van der Waals surface area contributed by atoms with Gasteiger partial charge in [0.05, 0.1) is 11.4 Å². The average Bonchev–Trinajstić information content (AvgIpc) is 2.82. The summed E-state index contributed by atoms with van der Waals surface area (Å²) in [6, 6.07) is 12.7. The van der Waals surface area contributed by atoms with Crippen LogP contribution >= 0.6 is 0 Å². The lowest BCUT2D eigenvalue weighted by atomic mass is 10.2. The molecular weight excluding hydrogens is 497 g/mol. The maximum atomic E-state index is 13.6. The first kappa shape index (κ1) is 26.7. The van der Waals surface area contributed by atoms with Crippen LogP contribution in [0.4, 0.5) is 36.3 Å². The van der Waals surface area contributed by atoms with Gasteiger partial charge in [-0.1, -0.05) is 18.2 Å². The third kappa shape index (κ3) is 6.84. The molecular formula is C23H25F3N6O3S. The van der Waals surface area contributed by atoms with Crippen LogP contribution in [0, 0.1) is 0 Å². The number of hydrogen-bond acceptors (Lipinski definition) is 7.